The summed E-state index contributed by atoms with van der Waals surface area (Å²) in [5.74, 6) is 0.954. The molecule has 0 aliphatic heterocycles. The number of halogens is 1. The van der Waals surface area contributed by atoms with Crippen molar-refractivity contribution >= 4 is 11.6 Å². The molecule has 1 rings (SSSR count). The molecule has 0 aliphatic carbocycles. The molecule has 0 aromatic heterocycles. The maximum Gasteiger partial charge on any atom is 0.166 e. The van der Waals surface area contributed by atoms with Crippen LogP contribution in [0, 0.1) is 0 Å². The third kappa shape index (κ3) is 2.43. The van der Waals surface area contributed by atoms with Gasteiger partial charge in [-0.3, -0.25) is 0 Å². The molecule has 1 aromatic carbocycles. The van der Waals surface area contributed by atoms with E-state index >= 15 is 0 Å². The standard InChI is InChI=1S/C11H13ClO3/c1-4-9(13)8-5-7(12)6-10(14-2)11(8)15-3/h4-6,9,13H,1H2,2-3H3. The van der Waals surface area contributed by atoms with Crippen molar-refractivity contribution in [2.24, 2.45) is 0 Å². The molecule has 0 saturated carbocycles. The van der Waals surface area contributed by atoms with Crippen LogP contribution in [-0.2, 0) is 0 Å². The van der Waals surface area contributed by atoms with E-state index in [1.165, 1.54) is 20.3 Å². The van der Waals surface area contributed by atoms with Crippen LogP contribution in [0.3, 0.4) is 0 Å². The van der Waals surface area contributed by atoms with E-state index in [2.05, 4.69) is 6.58 Å². The van der Waals surface area contributed by atoms with E-state index in [9.17, 15) is 5.11 Å². The molecule has 0 spiro atoms. The molecule has 1 atom stereocenters. The molecule has 0 bridgehead atoms. The van der Waals surface area contributed by atoms with Crippen molar-refractivity contribution in [3.8, 4) is 11.5 Å². The Hall–Kier alpha value is -1.19. The van der Waals surface area contributed by atoms with E-state index in [0.29, 0.717) is 22.1 Å². The molecule has 82 valence electrons. The van der Waals surface area contributed by atoms with Crippen LogP contribution in [0.5, 0.6) is 11.5 Å². The van der Waals surface area contributed by atoms with E-state index < -0.39 is 6.10 Å². The fraction of sp³-hybridized carbons (Fsp3) is 0.273. The zero-order chi connectivity index (χ0) is 11.4. The van der Waals surface area contributed by atoms with Crippen LogP contribution in [-0.4, -0.2) is 19.3 Å². The Morgan fingerprint density at radius 1 is 1.40 bits per heavy atom. The Morgan fingerprint density at radius 3 is 2.53 bits per heavy atom. The van der Waals surface area contributed by atoms with Crippen LogP contribution in [0.2, 0.25) is 5.02 Å². The first kappa shape index (κ1) is 11.9. The van der Waals surface area contributed by atoms with Gasteiger partial charge in [-0.15, -0.1) is 6.58 Å². The average molecular weight is 229 g/mol. The lowest BCUT2D eigenvalue weighted by Crippen LogP contribution is -2.00. The van der Waals surface area contributed by atoms with E-state index in [0.717, 1.165) is 0 Å². The molecular weight excluding hydrogens is 216 g/mol. The van der Waals surface area contributed by atoms with Crippen LogP contribution in [0.1, 0.15) is 11.7 Å². The van der Waals surface area contributed by atoms with Crippen LogP contribution < -0.4 is 9.47 Å². The Bertz CT molecular complexity index is 363. The molecule has 0 aliphatic rings. The molecule has 0 amide bonds. The Balaban J connectivity index is 3.34. The summed E-state index contributed by atoms with van der Waals surface area (Å²) in [6, 6.07) is 3.24. The van der Waals surface area contributed by atoms with Crippen molar-refractivity contribution in [2.45, 2.75) is 6.10 Å². The number of methoxy groups -OCH3 is 2. The molecule has 15 heavy (non-hydrogen) atoms. The van der Waals surface area contributed by atoms with Crippen LogP contribution >= 0.6 is 11.6 Å². The molecule has 1 aromatic rings. The zero-order valence-corrected chi connectivity index (χ0v) is 9.41. The largest absolute Gasteiger partial charge is 0.493 e. The fourth-order valence-corrected chi connectivity index (χ4v) is 1.52. The minimum atomic E-state index is -0.826. The number of benzene rings is 1. The smallest absolute Gasteiger partial charge is 0.166 e. The highest BCUT2D eigenvalue weighted by molar-refractivity contribution is 6.30. The van der Waals surface area contributed by atoms with Crippen LogP contribution in [0.4, 0.5) is 0 Å². The maximum absolute atomic E-state index is 9.67. The minimum absolute atomic E-state index is 0.467. The molecule has 0 heterocycles. The summed E-state index contributed by atoms with van der Waals surface area (Å²) in [7, 11) is 3.02. The van der Waals surface area contributed by atoms with E-state index in [-0.39, 0.29) is 0 Å². The molecule has 0 radical (unpaired) electrons. The Labute approximate surface area is 93.9 Å². The molecule has 4 heteroatoms. The molecule has 1 unspecified atom stereocenters. The first-order valence-electron chi connectivity index (χ1n) is 4.36. The highest BCUT2D eigenvalue weighted by atomic mass is 35.5. The van der Waals surface area contributed by atoms with Gasteiger partial charge in [0.15, 0.2) is 11.5 Å². The number of hydrogen-bond donors (Lipinski definition) is 1. The molecule has 0 fully saturated rings. The van der Waals surface area contributed by atoms with Crippen molar-refractivity contribution < 1.29 is 14.6 Å². The summed E-state index contributed by atoms with van der Waals surface area (Å²) in [5, 5.41) is 10.1. The van der Waals surface area contributed by atoms with Gasteiger partial charge in [0.25, 0.3) is 0 Å². The highest BCUT2D eigenvalue weighted by Gasteiger charge is 2.16. The quantitative estimate of drug-likeness (QED) is 0.805. The van der Waals surface area contributed by atoms with Crippen molar-refractivity contribution in [1.29, 1.82) is 0 Å². The lowest BCUT2D eigenvalue weighted by molar-refractivity contribution is 0.221. The van der Waals surface area contributed by atoms with Gasteiger partial charge in [0, 0.05) is 16.7 Å². The third-order valence-corrected chi connectivity index (χ3v) is 2.23. The molecule has 3 nitrogen and oxygen atoms in total. The number of hydrogen-bond acceptors (Lipinski definition) is 3. The summed E-state index contributed by atoms with van der Waals surface area (Å²) in [6.45, 7) is 3.51. The molecular formula is C11H13ClO3. The van der Waals surface area contributed by atoms with Gasteiger partial charge in [0.1, 0.15) is 6.10 Å². The van der Waals surface area contributed by atoms with Crippen LogP contribution in [0.25, 0.3) is 0 Å². The Morgan fingerprint density at radius 2 is 2.07 bits per heavy atom. The lowest BCUT2D eigenvalue weighted by atomic mass is 10.1. The van der Waals surface area contributed by atoms with Gasteiger partial charge in [-0.05, 0) is 6.07 Å². The van der Waals surface area contributed by atoms with Gasteiger partial charge in [0.2, 0.25) is 0 Å². The van der Waals surface area contributed by atoms with Gasteiger partial charge in [-0.25, -0.2) is 0 Å². The van der Waals surface area contributed by atoms with E-state index in [1.54, 1.807) is 12.1 Å². The lowest BCUT2D eigenvalue weighted by Gasteiger charge is -2.15. The summed E-state index contributed by atoms with van der Waals surface area (Å²) in [6.07, 6.45) is 0.570. The first-order chi connectivity index (χ1) is 7.13. The molecule has 1 N–H and O–H groups in total. The topological polar surface area (TPSA) is 38.7 Å². The monoisotopic (exact) mass is 228 g/mol. The predicted octanol–water partition coefficient (Wildman–Crippen LogP) is 2.58. The SMILES string of the molecule is C=CC(O)c1cc(Cl)cc(OC)c1OC. The van der Waals surface area contributed by atoms with Gasteiger partial charge < -0.3 is 14.6 Å². The normalized spacial score (nSPS) is 12.0. The van der Waals surface area contributed by atoms with E-state index in [4.69, 9.17) is 21.1 Å². The number of ether oxygens (including phenoxy) is 2. The predicted molar refractivity (Wildman–Crippen MR) is 59.7 cm³/mol. The summed E-state index contributed by atoms with van der Waals surface area (Å²) >= 11 is 5.88. The molecule has 0 saturated heterocycles. The van der Waals surface area contributed by atoms with Gasteiger partial charge in [-0.1, -0.05) is 17.7 Å². The number of aliphatic hydroxyl groups excluding tert-OH is 1. The maximum atomic E-state index is 9.67. The zero-order valence-electron chi connectivity index (χ0n) is 8.66. The summed E-state index contributed by atoms with van der Waals surface area (Å²) in [5.41, 5.74) is 0.539. The van der Waals surface area contributed by atoms with Gasteiger partial charge >= 0.3 is 0 Å². The Kier molecular flexibility index (Phi) is 4.00. The minimum Gasteiger partial charge on any atom is -0.493 e. The number of aliphatic hydroxyl groups is 1. The third-order valence-electron chi connectivity index (χ3n) is 2.01. The van der Waals surface area contributed by atoms with Crippen molar-refractivity contribution in [1.82, 2.24) is 0 Å². The van der Waals surface area contributed by atoms with Crippen molar-refractivity contribution in [2.75, 3.05) is 14.2 Å². The summed E-state index contributed by atoms with van der Waals surface area (Å²) < 4.78 is 10.3. The van der Waals surface area contributed by atoms with E-state index in [1.807, 2.05) is 0 Å². The highest BCUT2D eigenvalue weighted by Crippen LogP contribution is 2.37. The summed E-state index contributed by atoms with van der Waals surface area (Å²) in [4.78, 5) is 0. The average Bonchev–Trinajstić information content (AvgIpc) is 2.26. The van der Waals surface area contributed by atoms with Crippen molar-refractivity contribution in [3.63, 3.8) is 0 Å². The van der Waals surface area contributed by atoms with Gasteiger partial charge in [-0.2, -0.15) is 0 Å². The first-order valence-corrected chi connectivity index (χ1v) is 4.73. The van der Waals surface area contributed by atoms with Gasteiger partial charge in [0.05, 0.1) is 14.2 Å². The van der Waals surface area contributed by atoms with Crippen molar-refractivity contribution in [3.05, 3.63) is 35.4 Å². The fourth-order valence-electron chi connectivity index (χ4n) is 1.31. The second-order valence-corrected chi connectivity index (χ2v) is 3.35. The second kappa shape index (κ2) is 5.05. The second-order valence-electron chi connectivity index (χ2n) is 2.91. The van der Waals surface area contributed by atoms with Crippen LogP contribution in [0.15, 0.2) is 24.8 Å². The number of rotatable bonds is 4.